The molecule has 1 aliphatic heterocycles. The van der Waals surface area contributed by atoms with Crippen molar-refractivity contribution in [3.63, 3.8) is 0 Å². The molecule has 1 heterocycles. The summed E-state index contributed by atoms with van der Waals surface area (Å²) in [5.74, 6) is 0.515. The van der Waals surface area contributed by atoms with Crippen LogP contribution in [0.3, 0.4) is 0 Å². The van der Waals surface area contributed by atoms with E-state index in [0.717, 1.165) is 0 Å². The van der Waals surface area contributed by atoms with E-state index in [1.54, 1.807) is 19.1 Å². The maximum Gasteiger partial charge on any atom is 0.266 e. The number of sulfonamides is 1. The zero-order valence-corrected chi connectivity index (χ0v) is 16.7. The smallest absolute Gasteiger partial charge is 0.266 e. The molecule has 0 aliphatic carbocycles. The number of benzene rings is 2. The van der Waals surface area contributed by atoms with E-state index in [9.17, 15) is 13.2 Å². The molecule has 0 saturated heterocycles. The van der Waals surface area contributed by atoms with Crippen LogP contribution in [0.25, 0.3) is 0 Å². The van der Waals surface area contributed by atoms with E-state index in [-0.39, 0.29) is 16.2 Å². The summed E-state index contributed by atoms with van der Waals surface area (Å²) in [6.45, 7) is 2.87. The van der Waals surface area contributed by atoms with E-state index < -0.39 is 15.9 Å². The molecule has 1 amide bonds. The summed E-state index contributed by atoms with van der Waals surface area (Å²) in [5, 5.41) is 0. The lowest BCUT2D eigenvalue weighted by molar-refractivity contribution is 0.0943. The number of nitrogens with one attached hydrogen (secondary N) is 2. The Morgan fingerprint density at radius 3 is 2.63 bits per heavy atom. The molecule has 8 nitrogen and oxygen atoms in total. The number of rotatable bonds is 6. The minimum absolute atomic E-state index is 0.0961. The van der Waals surface area contributed by atoms with E-state index in [0.29, 0.717) is 35.8 Å². The Balaban J connectivity index is 1.76. The Morgan fingerprint density at radius 2 is 1.89 bits per heavy atom. The van der Waals surface area contributed by atoms with E-state index in [4.69, 9.17) is 14.2 Å². The standard InChI is InChI=1S/C17H17BrN2O6S/c1-2-24-14-6-4-12(18)10-16(14)27(22,23)20-19-17(21)11-3-5-13-15(9-11)26-8-7-25-13/h3-6,9-10,20H,2,7-8H2,1H3,(H,19,21). The van der Waals surface area contributed by atoms with Gasteiger partial charge in [-0.3, -0.25) is 10.2 Å². The minimum atomic E-state index is -4.05. The molecular weight excluding hydrogens is 440 g/mol. The van der Waals surface area contributed by atoms with Gasteiger partial charge >= 0.3 is 0 Å². The van der Waals surface area contributed by atoms with Crippen LogP contribution in [-0.4, -0.2) is 34.1 Å². The van der Waals surface area contributed by atoms with Gasteiger partial charge in [0.25, 0.3) is 15.9 Å². The van der Waals surface area contributed by atoms with Crippen molar-refractivity contribution in [1.82, 2.24) is 10.3 Å². The molecule has 144 valence electrons. The molecule has 1 aliphatic rings. The third-order valence-electron chi connectivity index (χ3n) is 3.60. The van der Waals surface area contributed by atoms with Crippen LogP contribution in [-0.2, 0) is 10.0 Å². The molecule has 0 spiro atoms. The molecule has 2 N–H and O–H groups in total. The molecule has 2 aromatic carbocycles. The highest BCUT2D eigenvalue weighted by molar-refractivity contribution is 9.10. The first-order chi connectivity index (χ1) is 12.9. The average molecular weight is 457 g/mol. The van der Waals surface area contributed by atoms with Crippen molar-refractivity contribution in [2.24, 2.45) is 0 Å². The lowest BCUT2D eigenvalue weighted by Crippen LogP contribution is -2.41. The Morgan fingerprint density at radius 1 is 1.15 bits per heavy atom. The molecule has 0 fully saturated rings. The molecule has 0 radical (unpaired) electrons. The Kier molecular flexibility index (Phi) is 5.88. The molecule has 0 unspecified atom stereocenters. The summed E-state index contributed by atoms with van der Waals surface area (Å²) in [5.41, 5.74) is 2.41. The van der Waals surface area contributed by atoms with Crippen molar-refractivity contribution >= 4 is 31.9 Å². The molecule has 3 rings (SSSR count). The molecule has 27 heavy (non-hydrogen) atoms. The summed E-state index contributed by atoms with van der Waals surface area (Å²) >= 11 is 3.23. The number of hydrogen-bond donors (Lipinski definition) is 2. The van der Waals surface area contributed by atoms with Gasteiger partial charge in [-0.2, -0.15) is 0 Å². The number of carbonyl (C=O) groups is 1. The van der Waals surface area contributed by atoms with Crippen LogP contribution < -0.4 is 24.5 Å². The number of carbonyl (C=O) groups excluding carboxylic acids is 1. The second kappa shape index (κ2) is 8.15. The zero-order chi connectivity index (χ0) is 19.4. The topological polar surface area (TPSA) is 103 Å². The van der Waals surface area contributed by atoms with Crippen LogP contribution in [0.2, 0.25) is 0 Å². The van der Waals surface area contributed by atoms with Gasteiger partial charge in [-0.15, -0.1) is 4.83 Å². The Labute approximate surface area is 165 Å². The Bertz CT molecular complexity index is 964. The summed E-state index contributed by atoms with van der Waals surface area (Å²) in [7, 11) is -4.05. The molecule has 0 atom stereocenters. The highest BCUT2D eigenvalue weighted by Crippen LogP contribution is 2.31. The van der Waals surface area contributed by atoms with Crippen molar-refractivity contribution in [3.05, 3.63) is 46.4 Å². The van der Waals surface area contributed by atoms with E-state index in [1.165, 1.54) is 24.3 Å². The van der Waals surface area contributed by atoms with Gasteiger partial charge in [0.15, 0.2) is 11.5 Å². The first-order valence-corrected chi connectivity index (χ1v) is 10.3. The second-order valence-corrected chi connectivity index (χ2v) is 8.01. The summed E-state index contributed by atoms with van der Waals surface area (Å²) < 4.78 is 41.9. The normalized spacial score (nSPS) is 13.1. The van der Waals surface area contributed by atoms with E-state index in [1.807, 2.05) is 0 Å². The Hall–Kier alpha value is -2.30. The molecule has 2 aromatic rings. The SMILES string of the molecule is CCOc1ccc(Br)cc1S(=O)(=O)NNC(=O)c1ccc2c(c1)OCCO2. The van der Waals surface area contributed by atoms with E-state index >= 15 is 0 Å². The summed E-state index contributed by atoms with van der Waals surface area (Å²) in [6.07, 6.45) is 0. The maximum absolute atomic E-state index is 12.6. The number of amides is 1. The fourth-order valence-corrected chi connectivity index (χ4v) is 3.92. The fourth-order valence-electron chi connectivity index (χ4n) is 2.39. The van der Waals surface area contributed by atoms with Gasteiger partial charge in [0.2, 0.25) is 0 Å². The largest absolute Gasteiger partial charge is 0.492 e. The van der Waals surface area contributed by atoms with Crippen molar-refractivity contribution in [1.29, 1.82) is 0 Å². The molecular formula is C17H17BrN2O6S. The molecule has 10 heteroatoms. The van der Waals surface area contributed by atoms with Gasteiger partial charge in [-0.1, -0.05) is 15.9 Å². The van der Waals surface area contributed by atoms with Gasteiger partial charge in [-0.05, 0) is 43.3 Å². The first kappa shape index (κ1) is 19.5. The fraction of sp³-hybridized carbons (Fsp3) is 0.235. The lowest BCUT2D eigenvalue weighted by atomic mass is 10.2. The molecule has 0 bridgehead atoms. The van der Waals surface area contributed by atoms with Crippen LogP contribution in [0.4, 0.5) is 0 Å². The molecule has 0 aromatic heterocycles. The highest BCUT2D eigenvalue weighted by atomic mass is 79.9. The third kappa shape index (κ3) is 4.52. The number of halogens is 1. The van der Waals surface area contributed by atoms with Gasteiger partial charge in [0.1, 0.15) is 23.9 Å². The number of hydrogen-bond acceptors (Lipinski definition) is 6. The van der Waals surface area contributed by atoms with Crippen molar-refractivity contribution < 1.29 is 27.4 Å². The lowest BCUT2D eigenvalue weighted by Gasteiger charge is -2.18. The van der Waals surface area contributed by atoms with Crippen LogP contribution >= 0.6 is 15.9 Å². The third-order valence-corrected chi connectivity index (χ3v) is 5.36. The number of ether oxygens (including phenoxy) is 3. The van der Waals surface area contributed by atoms with Gasteiger partial charge in [0.05, 0.1) is 6.61 Å². The average Bonchev–Trinajstić information content (AvgIpc) is 2.67. The molecule has 0 saturated carbocycles. The van der Waals surface area contributed by atoms with Crippen molar-refractivity contribution in [2.75, 3.05) is 19.8 Å². The second-order valence-electron chi connectivity index (χ2n) is 5.44. The van der Waals surface area contributed by atoms with Crippen LogP contribution in [0, 0.1) is 0 Å². The van der Waals surface area contributed by atoms with Crippen molar-refractivity contribution in [2.45, 2.75) is 11.8 Å². The van der Waals surface area contributed by atoms with E-state index in [2.05, 4.69) is 26.2 Å². The van der Waals surface area contributed by atoms with Crippen molar-refractivity contribution in [3.8, 4) is 17.2 Å². The number of hydrazine groups is 1. The maximum atomic E-state index is 12.6. The number of fused-ring (bicyclic) bond motifs is 1. The minimum Gasteiger partial charge on any atom is -0.492 e. The van der Waals surface area contributed by atoms with Gasteiger partial charge < -0.3 is 14.2 Å². The van der Waals surface area contributed by atoms with Crippen LogP contribution in [0.15, 0.2) is 45.8 Å². The van der Waals surface area contributed by atoms with Crippen LogP contribution in [0.1, 0.15) is 17.3 Å². The first-order valence-electron chi connectivity index (χ1n) is 8.05. The van der Waals surface area contributed by atoms with Gasteiger partial charge in [-0.25, -0.2) is 8.42 Å². The monoisotopic (exact) mass is 456 g/mol. The predicted octanol–water partition coefficient (Wildman–Crippen LogP) is 2.24. The zero-order valence-electron chi connectivity index (χ0n) is 14.3. The van der Waals surface area contributed by atoms with Gasteiger partial charge in [0, 0.05) is 10.0 Å². The predicted molar refractivity (Wildman–Crippen MR) is 101 cm³/mol. The quantitative estimate of drug-likeness (QED) is 0.646. The summed E-state index contributed by atoms with van der Waals surface area (Å²) in [6, 6.07) is 9.19. The summed E-state index contributed by atoms with van der Waals surface area (Å²) in [4.78, 5) is 14.3. The van der Waals surface area contributed by atoms with Crippen LogP contribution in [0.5, 0.6) is 17.2 Å². The highest BCUT2D eigenvalue weighted by Gasteiger charge is 2.22.